The number of carbonyl (C=O) groups is 1. The van der Waals surface area contributed by atoms with E-state index in [0.29, 0.717) is 47.6 Å². The third kappa shape index (κ3) is 4.90. The van der Waals surface area contributed by atoms with E-state index in [9.17, 15) is 4.79 Å². The number of likely N-dealkylation sites (tertiary alicyclic amines) is 1. The van der Waals surface area contributed by atoms with Crippen molar-refractivity contribution >= 4 is 28.9 Å². The minimum absolute atomic E-state index is 0.0992. The lowest BCUT2D eigenvalue weighted by Crippen LogP contribution is -2.37. The van der Waals surface area contributed by atoms with Crippen molar-refractivity contribution < 1.29 is 9.53 Å². The summed E-state index contributed by atoms with van der Waals surface area (Å²) in [6.07, 6.45) is 1.91. The Morgan fingerprint density at radius 2 is 1.86 bits per heavy atom. The predicted octanol–water partition coefficient (Wildman–Crippen LogP) is 3.19. The molecule has 2 unspecified atom stereocenters. The zero-order valence-electron chi connectivity index (χ0n) is 21.7. The highest BCUT2D eigenvalue weighted by molar-refractivity contribution is 5.99. The Kier molecular flexibility index (Phi) is 6.61. The third-order valence-corrected chi connectivity index (χ3v) is 7.24. The fourth-order valence-electron chi connectivity index (χ4n) is 5.47. The highest BCUT2D eigenvalue weighted by atomic mass is 16.5. The van der Waals surface area contributed by atoms with Gasteiger partial charge >= 0.3 is 0 Å². The molecule has 6 N–H and O–H groups in total. The van der Waals surface area contributed by atoms with E-state index in [1.54, 1.807) is 12.1 Å². The summed E-state index contributed by atoms with van der Waals surface area (Å²) < 4.78 is 5.46. The number of anilines is 4. The number of hydrazine groups is 1. The molecule has 1 aromatic heterocycles. The zero-order chi connectivity index (χ0) is 26.3. The van der Waals surface area contributed by atoms with Crippen LogP contribution in [0.1, 0.15) is 39.7 Å². The van der Waals surface area contributed by atoms with E-state index in [0.717, 1.165) is 30.0 Å². The normalized spacial score (nSPS) is 19.1. The maximum atomic E-state index is 13.5. The fraction of sp³-hybridized carbons (Fsp3) is 0.370. The third-order valence-electron chi connectivity index (χ3n) is 7.24. The molecule has 2 aliphatic rings. The number of nitrogens with zero attached hydrogens (tertiary/aromatic N) is 4. The molecule has 0 aliphatic carbocycles. The number of carbonyl (C=O) groups excluding carboxylic acids is 1. The van der Waals surface area contributed by atoms with E-state index in [1.807, 2.05) is 11.1 Å². The van der Waals surface area contributed by atoms with Crippen LogP contribution < -0.4 is 27.1 Å². The Balaban J connectivity index is 1.29. The lowest BCUT2D eigenvalue weighted by molar-refractivity contribution is 0.0772. The number of hydrogen-bond donors (Lipinski definition) is 4. The van der Waals surface area contributed by atoms with Gasteiger partial charge < -0.3 is 26.1 Å². The van der Waals surface area contributed by atoms with Gasteiger partial charge in [-0.05, 0) is 49.1 Å². The molecule has 0 saturated carbocycles. The predicted molar refractivity (Wildman–Crippen MR) is 145 cm³/mol. The standard InChI is InChI=1S/C27H34N8O2/c1-15-5-16(2)7-19(6-15)31-27-30-10-18-12-34(13-23(18)32-27)24-14-35(11-17(24)3)26(36)20-8-21(28)22(33-29)9-25(20)37-4/h5-10,17,24,33H,11-14,28-29H2,1-4H3,(H,30,31,32). The minimum Gasteiger partial charge on any atom is -0.496 e. The van der Waals surface area contributed by atoms with Gasteiger partial charge in [0.15, 0.2) is 0 Å². The largest absolute Gasteiger partial charge is 0.496 e. The lowest BCUT2D eigenvalue weighted by Gasteiger charge is -2.26. The van der Waals surface area contributed by atoms with Gasteiger partial charge in [-0.3, -0.25) is 15.5 Å². The fourth-order valence-corrected chi connectivity index (χ4v) is 5.47. The van der Waals surface area contributed by atoms with E-state index in [1.165, 1.54) is 18.2 Å². The van der Waals surface area contributed by atoms with Crippen LogP contribution in [0.2, 0.25) is 0 Å². The second-order valence-electron chi connectivity index (χ2n) is 10.1. The van der Waals surface area contributed by atoms with Crippen molar-refractivity contribution in [2.45, 2.75) is 39.9 Å². The quantitative estimate of drug-likeness (QED) is 0.228. The number of methoxy groups -OCH3 is 1. The van der Waals surface area contributed by atoms with Gasteiger partial charge in [0.1, 0.15) is 5.75 Å². The first-order chi connectivity index (χ1) is 17.7. The summed E-state index contributed by atoms with van der Waals surface area (Å²) in [5, 5.41) is 3.34. The number of nitrogen functional groups attached to an aromatic ring is 2. The van der Waals surface area contributed by atoms with Crippen LogP contribution in [-0.4, -0.2) is 51.9 Å². The Morgan fingerprint density at radius 1 is 1.11 bits per heavy atom. The molecular formula is C27H34N8O2. The Bertz CT molecular complexity index is 1320. The number of benzene rings is 2. The highest BCUT2D eigenvalue weighted by Crippen LogP contribution is 2.34. The summed E-state index contributed by atoms with van der Waals surface area (Å²) in [6, 6.07) is 9.80. The molecule has 3 aromatic rings. The van der Waals surface area contributed by atoms with Crippen molar-refractivity contribution in [2.75, 3.05) is 36.7 Å². The van der Waals surface area contributed by atoms with Gasteiger partial charge in [0.25, 0.3) is 5.91 Å². The van der Waals surface area contributed by atoms with Crippen LogP contribution in [0.25, 0.3) is 0 Å². The highest BCUT2D eigenvalue weighted by Gasteiger charge is 2.39. The molecule has 2 aromatic carbocycles. The molecule has 5 rings (SSSR count). The van der Waals surface area contributed by atoms with Crippen LogP contribution in [-0.2, 0) is 13.1 Å². The first kappa shape index (κ1) is 24.8. The monoisotopic (exact) mass is 502 g/mol. The molecule has 10 nitrogen and oxygen atoms in total. The van der Waals surface area contributed by atoms with Gasteiger partial charge in [-0.15, -0.1) is 0 Å². The van der Waals surface area contributed by atoms with Gasteiger partial charge in [0.05, 0.1) is 29.7 Å². The van der Waals surface area contributed by atoms with Gasteiger partial charge in [0, 0.05) is 55.7 Å². The molecule has 2 atom stereocenters. The smallest absolute Gasteiger partial charge is 0.257 e. The molecule has 194 valence electrons. The molecule has 0 radical (unpaired) electrons. The van der Waals surface area contributed by atoms with Crippen molar-refractivity contribution in [1.29, 1.82) is 0 Å². The van der Waals surface area contributed by atoms with Gasteiger partial charge in [-0.2, -0.15) is 0 Å². The zero-order valence-corrected chi connectivity index (χ0v) is 21.7. The van der Waals surface area contributed by atoms with E-state index in [2.05, 4.69) is 59.6 Å². The molecule has 2 aliphatic heterocycles. The number of amides is 1. The number of fused-ring (bicyclic) bond motifs is 1. The van der Waals surface area contributed by atoms with Crippen molar-refractivity contribution in [2.24, 2.45) is 11.8 Å². The van der Waals surface area contributed by atoms with Gasteiger partial charge in [-0.1, -0.05) is 13.0 Å². The number of ether oxygens (including phenoxy) is 1. The molecular weight excluding hydrogens is 468 g/mol. The van der Waals surface area contributed by atoms with E-state index in [4.69, 9.17) is 21.3 Å². The number of nitrogens with two attached hydrogens (primary N) is 2. The van der Waals surface area contributed by atoms with Crippen molar-refractivity contribution in [1.82, 2.24) is 19.8 Å². The van der Waals surface area contributed by atoms with Crippen molar-refractivity contribution in [3.63, 3.8) is 0 Å². The molecule has 0 bridgehead atoms. The van der Waals surface area contributed by atoms with Gasteiger partial charge in [0.2, 0.25) is 5.95 Å². The van der Waals surface area contributed by atoms with Crippen LogP contribution in [0.15, 0.2) is 36.5 Å². The molecule has 3 heterocycles. The van der Waals surface area contributed by atoms with E-state index in [-0.39, 0.29) is 11.9 Å². The molecule has 1 saturated heterocycles. The topological polar surface area (TPSA) is 135 Å². The maximum absolute atomic E-state index is 13.5. The van der Waals surface area contributed by atoms with Crippen molar-refractivity contribution in [3.8, 4) is 5.75 Å². The van der Waals surface area contributed by atoms with Crippen LogP contribution >= 0.6 is 0 Å². The molecule has 37 heavy (non-hydrogen) atoms. The number of rotatable bonds is 6. The number of aryl methyl sites for hydroxylation is 2. The van der Waals surface area contributed by atoms with Crippen LogP contribution in [0.5, 0.6) is 5.75 Å². The second-order valence-corrected chi connectivity index (χ2v) is 10.1. The maximum Gasteiger partial charge on any atom is 0.257 e. The molecule has 0 spiro atoms. The average Bonchev–Trinajstić information content (AvgIpc) is 3.45. The van der Waals surface area contributed by atoms with Crippen LogP contribution in [0.3, 0.4) is 0 Å². The SMILES string of the molecule is COc1cc(NN)c(N)cc1C(=O)N1CC(C)C(N2Cc3cnc(Nc4cc(C)cc(C)c4)nc3C2)C1. The van der Waals surface area contributed by atoms with Gasteiger partial charge in [-0.25, -0.2) is 9.97 Å². The summed E-state index contributed by atoms with van der Waals surface area (Å²) in [4.78, 5) is 27.1. The second kappa shape index (κ2) is 9.87. The van der Waals surface area contributed by atoms with E-state index < -0.39 is 0 Å². The average molecular weight is 503 g/mol. The number of hydrogen-bond acceptors (Lipinski definition) is 9. The van der Waals surface area contributed by atoms with Crippen LogP contribution in [0.4, 0.5) is 23.0 Å². The van der Waals surface area contributed by atoms with E-state index >= 15 is 0 Å². The summed E-state index contributed by atoms with van der Waals surface area (Å²) in [5.74, 6) is 6.76. The number of nitrogens with one attached hydrogen (secondary N) is 2. The lowest BCUT2D eigenvalue weighted by atomic mass is 10.1. The molecule has 1 fully saturated rings. The first-order valence-electron chi connectivity index (χ1n) is 12.4. The van der Waals surface area contributed by atoms with Crippen molar-refractivity contribution in [3.05, 3.63) is 64.5 Å². The minimum atomic E-state index is -0.0992. The summed E-state index contributed by atoms with van der Waals surface area (Å²) in [6.45, 7) is 9.11. The summed E-state index contributed by atoms with van der Waals surface area (Å²) in [5.41, 5.74) is 15.5. The molecule has 1 amide bonds. The van der Waals surface area contributed by atoms with Crippen LogP contribution in [0, 0.1) is 19.8 Å². The Labute approximate surface area is 217 Å². The summed E-state index contributed by atoms with van der Waals surface area (Å²) in [7, 11) is 1.53. The Hall–Kier alpha value is -3.89. The summed E-state index contributed by atoms with van der Waals surface area (Å²) >= 11 is 0. The number of aromatic nitrogens is 2. The first-order valence-corrected chi connectivity index (χ1v) is 12.4. The molecule has 10 heteroatoms. The Morgan fingerprint density at radius 3 is 2.57 bits per heavy atom.